The van der Waals surface area contributed by atoms with Gasteiger partial charge in [0.05, 0.1) is 17.7 Å². The summed E-state index contributed by atoms with van der Waals surface area (Å²) in [5.41, 5.74) is 0.613. The first kappa shape index (κ1) is 14.5. The molecule has 0 aromatic carbocycles. The van der Waals surface area contributed by atoms with E-state index in [-0.39, 0.29) is 16.9 Å². The summed E-state index contributed by atoms with van der Waals surface area (Å²) in [6.45, 7) is 0. The smallest absolute Gasteiger partial charge is 0.273 e. The van der Waals surface area contributed by atoms with Crippen LogP contribution in [-0.2, 0) is 0 Å². The number of carbonyl (C=O) groups excluding carboxylic acids is 1. The second-order valence-electron chi connectivity index (χ2n) is 4.25. The minimum atomic E-state index is -0.424. The standard InChI is InChI=1S/C14H11N3O3S2/c1-20-11-6-15-8(5-10(11)18)13(19)17-14-16-9(7-22-14)12-3-2-4-21-12/h2-7H,1H3,(H,15,18)(H,16,17,19). The lowest BCUT2D eigenvalue weighted by Gasteiger charge is -2.03. The molecule has 0 aliphatic heterocycles. The molecular weight excluding hydrogens is 322 g/mol. The molecule has 112 valence electrons. The zero-order valence-electron chi connectivity index (χ0n) is 11.5. The molecule has 8 heteroatoms. The fourth-order valence-electron chi connectivity index (χ4n) is 1.78. The van der Waals surface area contributed by atoms with Crippen LogP contribution in [0.2, 0.25) is 0 Å². The van der Waals surface area contributed by atoms with E-state index in [1.807, 2.05) is 22.9 Å². The van der Waals surface area contributed by atoms with Gasteiger partial charge in [-0.2, -0.15) is 0 Å². The van der Waals surface area contributed by atoms with Crippen molar-refractivity contribution in [2.45, 2.75) is 0 Å². The molecule has 0 aliphatic carbocycles. The van der Waals surface area contributed by atoms with Crippen molar-refractivity contribution < 1.29 is 9.53 Å². The number of hydrogen-bond donors (Lipinski definition) is 2. The Kier molecular flexibility index (Phi) is 4.03. The van der Waals surface area contributed by atoms with Crippen molar-refractivity contribution in [1.29, 1.82) is 0 Å². The van der Waals surface area contributed by atoms with Crippen molar-refractivity contribution in [2.24, 2.45) is 0 Å². The predicted molar refractivity (Wildman–Crippen MR) is 87.0 cm³/mol. The normalized spacial score (nSPS) is 10.4. The molecule has 6 nitrogen and oxygen atoms in total. The van der Waals surface area contributed by atoms with Crippen LogP contribution in [-0.4, -0.2) is 23.0 Å². The molecular formula is C14H11N3O3S2. The Balaban J connectivity index is 1.77. The number of thiazole rings is 1. The highest BCUT2D eigenvalue weighted by Crippen LogP contribution is 2.28. The number of nitrogens with zero attached hydrogens (tertiary/aromatic N) is 1. The van der Waals surface area contributed by atoms with Crippen LogP contribution in [0.3, 0.4) is 0 Å². The van der Waals surface area contributed by atoms with Crippen molar-refractivity contribution >= 4 is 33.7 Å². The number of aromatic nitrogens is 2. The largest absolute Gasteiger partial charge is 0.491 e. The average Bonchev–Trinajstić information content (AvgIpc) is 3.17. The van der Waals surface area contributed by atoms with Gasteiger partial charge in [-0.3, -0.25) is 14.9 Å². The van der Waals surface area contributed by atoms with Crippen LogP contribution in [0, 0.1) is 0 Å². The van der Waals surface area contributed by atoms with Gasteiger partial charge in [0, 0.05) is 17.6 Å². The molecule has 3 rings (SSSR count). The molecule has 3 aromatic rings. The molecule has 0 radical (unpaired) electrons. The molecule has 0 saturated heterocycles. The topological polar surface area (TPSA) is 84.1 Å². The van der Waals surface area contributed by atoms with Crippen LogP contribution in [0.5, 0.6) is 5.75 Å². The Bertz CT molecular complexity index is 852. The van der Waals surface area contributed by atoms with Gasteiger partial charge in [0.1, 0.15) is 5.69 Å². The Morgan fingerprint density at radius 3 is 2.95 bits per heavy atom. The monoisotopic (exact) mass is 333 g/mol. The number of methoxy groups -OCH3 is 1. The molecule has 0 atom stereocenters. The molecule has 2 N–H and O–H groups in total. The van der Waals surface area contributed by atoms with Gasteiger partial charge in [-0.05, 0) is 11.4 Å². The Morgan fingerprint density at radius 1 is 1.41 bits per heavy atom. The van der Waals surface area contributed by atoms with E-state index >= 15 is 0 Å². The van der Waals surface area contributed by atoms with E-state index in [2.05, 4.69) is 15.3 Å². The van der Waals surface area contributed by atoms with E-state index in [1.165, 1.54) is 30.7 Å². The molecule has 0 unspecified atom stereocenters. The van der Waals surface area contributed by atoms with Gasteiger partial charge >= 0.3 is 0 Å². The maximum Gasteiger partial charge on any atom is 0.273 e. The van der Waals surface area contributed by atoms with Crippen LogP contribution >= 0.6 is 22.7 Å². The Hall–Kier alpha value is -2.45. The minimum Gasteiger partial charge on any atom is -0.491 e. The SMILES string of the molecule is COc1c[nH]c(C(=O)Nc2nc(-c3cccs3)cs2)cc1=O. The Morgan fingerprint density at radius 2 is 2.27 bits per heavy atom. The molecule has 0 aliphatic rings. The van der Waals surface area contributed by atoms with Crippen LogP contribution in [0.25, 0.3) is 10.6 Å². The third-order valence-electron chi connectivity index (χ3n) is 2.84. The lowest BCUT2D eigenvalue weighted by atomic mass is 10.3. The highest BCUT2D eigenvalue weighted by Gasteiger charge is 2.12. The molecule has 1 amide bonds. The number of aromatic amines is 1. The van der Waals surface area contributed by atoms with Crippen molar-refractivity contribution in [3.63, 3.8) is 0 Å². The number of hydrogen-bond acceptors (Lipinski definition) is 6. The van der Waals surface area contributed by atoms with Crippen LogP contribution in [0.15, 0.2) is 40.0 Å². The van der Waals surface area contributed by atoms with Crippen molar-refractivity contribution in [2.75, 3.05) is 12.4 Å². The first-order chi connectivity index (χ1) is 10.7. The van der Waals surface area contributed by atoms with Crippen LogP contribution in [0.4, 0.5) is 5.13 Å². The zero-order valence-corrected chi connectivity index (χ0v) is 13.1. The lowest BCUT2D eigenvalue weighted by Crippen LogP contribution is -2.17. The summed E-state index contributed by atoms with van der Waals surface area (Å²) < 4.78 is 4.86. The van der Waals surface area contributed by atoms with Crippen LogP contribution < -0.4 is 15.5 Å². The summed E-state index contributed by atoms with van der Waals surface area (Å²) in [4.78, 5) is 31.9. The van der Waals surface area contributed by atoms with Gasteiger partial charge in [-0.15, -0.1) is 22.7 Å². The van der Waals surface area contributed by atoms with E-state index in [0.29, 0.717) is 5.13 Å². The number of amides is 1. The van der Waals surface area contributed by atoms with E-state index in [9.17, 15) is 9.59 Å². The van der Waals surface area contributed by atoms with E-state index in [1.54, 1.807) is 11.3 Å². The third kappa shape index (κ3) is 2.92. The maximum absolute atomic E-state index is 12.1. The number of anilines is 1. The number of pyridine rings is 1. The van der Waals surface area contributed by atoms with Gasteiger partial charge in [-0.25, -0.2) is 4.98 Å². The quantitative estimate of drug-likeness (QED) is 0.769. The molecule has 3 aromatic heterocycles. The first-order valence-corrected chi connectivity index (χ1v) is 8.01. The Labute approximate surface area is 133 Å². The van der Waals surface area contributed by atoms with E-state index < -0.39 is 5.91 Å². The molecule has 0 fully saturated rings. The van der Waals surface area contributed by atoms with Gasteiger partial charge in [-0.1, -0.05) is 6.07 Å². The molecule has 0 bridgehead atoms. The van der Waals surface area contributed by atoms with Crippen LogP contribution in [0.1, 0.15) is 10.5 Å². The summed E-state index contributed by atoms with van der Waals surface area (Å²) in [5, 5.41) is 6.98. The average molecular weight is 333 g/mol. The number of nitrogens with one attached hydrogen (secondary N) is 2. The predicted octanol–water partition coefficient (Wildman–Crippen LogP) is 2.82. The molecule has 0 spiro atoms. The number of rotatable bonds is 4. The van der Waals surface area contributed by atoms with Crippen molar-refractivity contribution in [3.8, 4) is 16.3 Å². The van der Waals surface area contributed by atoms with Gasteiger partial charge in [0.2, 0.25) is 5.43 Å². The number of H-pyrrole nitrogens is 1. The number of ether oxygens (including phenoxy) is 1. The molecule has 3 heterocycles. The van der Waals surface area contributed by atoms with Gasteiger partial charge in [0.25, 0.3) is 5.91 Å². The summed E-state index contributed by atoms with van der Waals surface area (Å²) in [6.07, 6.45) is 1.36. The first-order valence-electron chi connectivity index (χ1n) is 6.25. The fraction of sp³-hybridized carbons (Fsp3) is 0.0714. The summed E-state index contributed by atoms with van der Waals surface area (Å²) in [5.74, 6) is -0.266. The second-order valence-corrected chi connectivity index (χ2v) is 6.05. The highest BCUT2D eigenvalue weighted by molar-refractivity contribution is 7.16. The number of carbonyl (C=O) groups is 1. The summed E-state index contributed by atoms with van der Waals surface area (Å²) in [6, 6.07) is 5.11. The zero-order chi connectivity index (χ0) is 15.5. The molecule has 0 saturated carbocycles. The summed E-state index contributed by atoms with van der Waals surface area (Å²) in [7, 11) is 1.39. The maximum atomic E-state index is 12.1. The number of thiophene rings is 1. The van der Waals surface area contributed by atoms with E-state index in [0.717, 1.165) is 10.6 Å². The van der Waals surface area contributed by atoms with Gasteiger partial charge in [0.15, 0.2) is 10.9 Å². The lowest BCUT2D eigenvalue weighted by molar-refractivity contribution is 0.102. The fourth-order valence-corrected chi connectivity index (χ4v) is 3.25. The second kappa shape index (κ2) is 6.12. The van der Waals surface area contributed by atoms with E-state index in [4.69, 9.17) is 4.74 Å². The highest BCUT2D eigenvalue weighted by atomic mass is 32.1. The summed E-state index contributed by atoms with van der Waals surface area (Å²) >= 11 is 2.91. The van der Waals surface area contributed by atoms with Crippen molar-refractivity contribution in [1.82, 2.24) is 9.97 Å². The van der Waals surface area contributed by atoms with Crippen molar-refractivity contribution in [3.05, 3.63) is 51.1 Å². The minimum absolute atomic E-state index is 0.152. The third-order valence-corrected chi connectivity index (χ3v) is 4.49. The van der Waals surface area contributed by atoms with Gasteiger partial charge < -0.3 is 9.72 Å². The molecule has 22 heavy (non-hydrogen) atoms.